The number of rotatable bonds is 12. The van der Waals surface area contributed by atoms with Crippen LogP contribution in [0.1, 0.15) is 88.8 Å². The van der Waals surface area contributed by atoms with Crippen molar-refractivity contribution < 1.29 is 18.7 Å². The topological polar surface area (TPSA) is 89.5 Å². The maximum absolute atomic E-state index is 13.2. The molecule has 3 aromatic rings. The van der Waals surface area contributed by atoms with E-state index in [-0.39, 0.29) is 29.5 Å². The first kappa shape index (κ1) is 35.5. The molecule has 2 aliphatic carbocycles. The molecule has 1 aromatic heterocycles. The molecule has 50 heavy (non-hydrogen) atoms. The second-order valence-electron chi connectivity index (χ2n) is 13.8. The van der Waals surface area contributed by atoms with Crippen LogP contribution in [0.5, 0.6) is 0 Å². The molecule has 9 heteroatoms. The Balaban J connectivity index is 1.03. The fraction of sp³-hybridized carbons (Fsp3) is 0.488. The zero-order valence-corrected chi connectivity index (χ0v) is 29.7. The number of aldehydes is 1. The molecule has 6 rings (SSSR count). The lowest BCUT2D eigenvalue weighted by Crippen LogP contribution is -2.47. The molecule has 2 saturated carbocycles. The number of hydrogen-bond donors (Lipinski definition) is 0. The van der Waals surface area contributed by atoms with Gasteiger partial charge in [-0.1, -0.05) is 49.9 Å². The Hall–Kier alpha value is -4.37. The number of hydrogen-bond acceptors (Lipinski definition) is 8. The average Bonchev–Trinajstić information content (AvgIpc) is 3.44. The SMILES string of the molecule is C=c1o/c(=C/c2ccc(N3CCOC(C4CCCC(N=CO/C(C=O)=C/c5ccc(N(CC)CC)cc5)C4)C3)cc2)c(=O)n1C1CCCCC1. The van der Waals surface area contributed by atoms with Crippen LogP contribution in [0.25, 0.3) is 18.7 Å². The van der Waals surface area contributed by atoms with E-state index in [0.29, 0.717) is 23.5 Å². The fourth-order valence-corrected chi connectivity index (χ4v) is 7.86. The molecule has 266 valence electrons. The first-order chi connectivity index (χ1) is 24.4. The molecule has 0 bridgehead atoms. The van der Waals surface area contributed by atoms with Gasteiger partial charge in [0.2, 0.25) is 0 Å². The van der Waals surface area contributed by atoms with Crippen LogP contribution in [0.4, 0.5) is 11.4 Å². The zero-order valence-electron chi connectivity index (χ0n) is 29.7. The van der Waals surface area contributed by atoms with Crippen molar-refractivity contribution in [3.05, 3.63) is 86.7 Å². The molecular weight excluding hydrogens is 628 g/mol. The number of benzene rings is 2. The number of oxazole rings is 1. The molecule has 1 aliphatic heterocycles. The van der Waals surface area contributed by atoms with E-state index in [9.17, 15) is 9.59 Å². The number of aromatic nitrogens is 1. The lowest BCUT2D eigenvalue weighted by atomic mass is 9.82. The van der Waals surface area contributed by atoms with Crippen LogP contribution < -0.4 is 26.3 Å². The van der Waals surface area contributed by atoms with Crippen LogP contribution >= 0.6 is 0 Å². The number of ether oxygens (including phenoxy) is 2. The number of anilines is 2. The summed E-state index contributed by atoms with van der Waals surface area (Å²) in [4.78, 5) is 34.3. The minimum Gasteiger partial charge on any atom is -0.443 e. The Bertz CT molecular complexity index is 1780. The van der Waals surface area contributed by atoms with Gasteiger partial charge in [-0.2, -0.15) is 0 Å². The van der Waals surface area contributed by atoms with Crippen molar-refractivity contribution in [2.45, 2.75) is 89.8 Å². The second kappa shape index (κ2) is 17.0. The maximum Gasteiger partial charge on any atom is 0.296 e. The van der Waals surface area contributed by atoms with E-state index in [1.807, 2.05) is 30.3 Å². The van der Waals surface area contributed by atoms with E-state index in [0.717, 1.165) is 106 Å². The number of morpholine rings is 1. The van der Waals surface area contributed by atoms with Gasteiger partial charge in [0.25, 0.3) is 5.56 Å². The third-order valence-electron chi connectivity index (χ3n) is 10.6. The van der Waals surface area contributed by atoms with Crippen LogP contribution in [-0.2, 0) is 14.3 Å². The Kier molecular flexibility index (Phi) is 12.1. The smallest absolute Gasteiger partial charge is 0.296 e. The zero-order chi connectivity index (χ0) is 34.9. The largest absolute Gasteiger partial charge is 0.443 e. The predicted octanol–water partition coefficient (Wildman–Crippen LogP) is 6.08. The van der Waals surface area contributed by atoms with Crippen LogP contribution in [0, 0.1) is 5.92 Å². The van der Waals surface area contributed by atoms with Crippen molar-refractivity contribution in [3.8, 4) is 0 Å². The number of aliphatic imine (C=N–C) groups is 1. The average molecular weight is 681 g/mol. The normalized spacial score (nSPS) is 22.6. The van der Waals surface area contributed by atoms with E-state index in [1.165, 1.54) is 12.8 Å². The lowest BCUT2D eigenvalue weighted by molar-refractivity contribution is -0.106. The molecule has 0 N–H and O–H groups in total. The summed E-state index contributed by atoms with van der Waals surface area (Å²) in [5.41, 5.74) is 4.84. The van der Waals surface area contributed by atoms with E-state index < -0.39 is 0 Å². The second-order valence-corrected chi connectivity index (χ2v) is 13.8. The third-order valence-corrected chi connectivity index (χ3v) is 10.6. The Labute approximate surface area is 295 Å². The van der Waals surface area contributed by atoms with Gasteiger partial charge in [0.15, 0.2) is 29.4 Å². The highest BCUT2D eigenvalue weighted by Gasteiger charge is 2.32. The van der Waals surface area contributed by atoms with Gasteiger partial charge in [0, 0.05) is 43.6 Å². The molecule has 1 saturated heterocycles. The molecule has 0 spiro atoms. The molecule has 3 atom stereocenters. The predicted molar refractivity (Wildman–Crippen MR) is 201 cm³/mol. The van der Waals surface area contributed by atoms with Crippen molar-refractivity contribution in [3.63, 3.8) is 0 Å². The van der Waals surface area contributed by atoms with Gasteiger partial charge in [-0.15, -0.1) is 0 Å². The minimum absolute atomic E-state index is 0.0824. The summed E-state index contributed by atoms with van der Waals surface area (Å²) < 4.78 is 19.6. The van der Waals surface area contributed by atoms with Crippen molar-refractivity contribution >= 4 is 42.8 Å². The quantitative estimate of drug-likeness (QED) is 0.0754. The molecule has 0 radical (unpaired) electrons. The summed E-state index contributed by atoms with van der Waals surface area (Å²) in [6, 6.07) is 16.8. The van der Waals surface area contributed by atoms with Gasteiger partial charge >= 0.3 is 0 Å². The van der Waals surface area contributed by atoms with Gasteiger partial charge in [-0.05, 0) is 106 Å². The van der Waals surface area contributed by atoms with Crippen molar-refractivity contribution in [1.82, 2.24) is 4.57 Å². The summed E-state index contributed by atoms with van der Waals surface area (Å²) in [5, 5.41) is 0. The molecule has 0 amide bonds. The Morgan fingerprint density at radius 1 is 0.980 bits per heavy atom. The molecule has 3 unspecified atom stereocenters. The maximum atomic E-state index is 13.2. The van der Waals surface area contributed by atoms with Crippen molar-refractivity contribution in [2.24, 2.45) is 10.9 Å². The monoisotopic (exact) mass is 680 g/mol. The van der Waals surface area contributed by atoms with Gasteiger partial charge in [-0.25, -0.2) is 0 Å². The molecule has 2 aromatic carbocycles. The van der Waals surface area contributed by atoms with Crippen LogP contribution in [0.15, 0.2) is 68.5 Å². The summed E-state index contributed by atoms with van der Waals surface area (Å²) in [6.07, 6.45) is 15.5. The van der Waals surface area contributed by atoms with E-state index in [2.05, 4.69) is 54.5 Å². The van der Waals surface area contributed by atoms with Crippen LogP contribution in [-0.4, -0.2) is 62.2 Å². The summed E-state index contributed by atoms with van der Waals surface area (Å²) >= 11 is 0. The number of nitrogens with zero attached hydrogens (tertiary/aromatic N) is 4. The van der Waals surface area contributed by atoms with Crippen LogP contribution in [0.2, 0.25) is 0 Å². The number of allylic oxidation sites excluding steroid dienone is 1. The van der Waals surface area contributed by atoms with E-state index in [4.69, 9.17) is 18.9 Å². The fourth-order valence-electron chi connectivity index (χ4n) is 7.86. The summed E-state index contributed by atoms with van der Waals surface area (Å²) in [7, 11) is 0. The highest BCUT2D eigenvalue weighted by Crippen LogP contribution is 2.33. The Morgan fingerprint density at radius 3 is 2.44 bits per heavy atom. The van der Waals surface area contributed by atoms with Crippen molar-refractivity contribution in [2.75, 3.05) is 42.6 Å². The van der Waals surface area contributed by atoms with Crippen LogP contribution in [0.3, 0.4) is 0 Å². The highest BCUT2D eigenvalue weighted by molar-refractivity contribution is 5.81. The Morgan fingerprint density at radius 2 is 1.72 bits per heavy atom. The van der Waals surface area contributed by atoms with Gasteiger partial charge in [0.05, 0.1) is 18.8 Å². The summed E-state index contributed by atoms with van der Waals surface area (Å²) in [5.74, 6) is 0.633. The highest BCUT2D eigenvalue weighted by atomic mass is 16.5. The molecule has 9 nitrogen and oxygen atoms in total. The number of carbonyl (C=O) groups excluding carboxylic acids is 1. The minimum atomic E-state index is -0.0824. The first-order valence-electron chi connectivity index (χ1n) is 18.5. The standard InChI is InChI=1S/C41H52N4O5/c1-4-43(5-2)35-18-14-31(15-19-35)24-38(28-46)49-29-42-34-11-9-10-33(26-34)40-27-44(22-23-48-40)36-20-16-32(17-21-36)25-39-41(47)45(30(3)50-39)37-12-7-6-8-13-37/h14-21,24-25,28-29,33-34,37,40H,3-13,22-23,26-27H2,1-2H3/b38-24+,39-25+,42-29?. The molecule has 3 fully saturated rings. The van der Waals surface area contributed by atoms with Crippen molar-refractivity contribution in [1.29, 1.82) is 0 Å². The van der Waals surface area contributed by atoms with Gasteiger partial charge < -0.3 is 23.7 Å². The lowest BCUT2D eigenvalue weighted by Gasteiger charge is -2.40. The molecule has 2 heterocycles. The van der Waals surface area contributed by atoms with Gasteiger partial charge in [0.1, 0.15) is 0 Å². The first-order valence-corrected chi connectivity index (χ1v) is 18.5. The summed E-state index contributed by atoms with van der Waals surface area (Å²) in [6.45, 7) is 12.5. The number of carbonyl (C=O) groups is 1. The molecule has 3 aliphatic rings. The van der Waals surface area contributed by atoms with E-state index in [1.54, 1.807) is 10.6 Å². The molecular formula is C41H52N4O5. The van der Waals surface area contributed by atoms with Gasteiger partial charge in [-0.3, -0.25) is 19.1 Å². The third kappa shape index (κ3) is 8.67. The van der Waals surface area contributed by atoms with E-state index >= 15 is 0 Å².